The van der Waals surface area contributed by atoms with Gasteiger partial charge >= 0.3 is 0 Å². The van der Waals surface area contributed by atoms with Crippen molar-refractivity contribution in [2.75, 3.05) is 5.32 Å². The van der Waals surface area contributed by atoms with E-state index in [9.17, 15) is 13.6 Å². The van der Waals surface area contributed by atoms with Crippen molar-refractivity contribution < 1.29 is 13.6 Å². The van der Waals surface area contributed by atoms with Gasteiger partial charge in [0, 0.05) is 11.3 Å². The van der Waals surface area contributed by atoms with E-state index in [4.69, 9.17) is 0 Å². The minimum atomic E-state index is -0.384. The predicted octanol–water partition coefficient (Wildman–Crippen LogP) is 2.26. The summed E-state index contributed by atoms with van der Waals surface area (Å²) in [6, 6.07) is 11.0. The number of nitrogens with one attached hydrogen (secondary N) is 1. The van der Waals surface area contributed by atoms with E-state index in [-0.39, 0.29) is 24.1 Å². The van der Waals surface area contributed by atoms with Crippen LogP contribution in [0.15, 0.2) is 48.5 Å². The van der Waals surface area contributed by atoms with Gasteiger partial charge in [0.1, 0.15) is 18.2 Å². The molecule has 23 heavy (non-hydrogen) atoms. The number of carbonyl (C=O) groups excluding carboxylic acids is 1. The number of aromatic nitrogens is 4. The van der Waals surface area contributed by atoms with Crippen molar-refractivity contribution in [2.24, 2.45) is 0 Å². The summed E-state index contributed by atoms with van der Waals surface area (Å²) in [5.74, 6) is -0.830. The first-order valence-electron chi connectivity index (χ1n) is 6.69. The van der Waals surface area contributed by atoms with Crippen LogP contribution in [-0.4, -0.2) is 26.1 Å². The number of rotatable bonds is 4. The topological polar surface area (TPSA) is 72.7 Å². The molecule has 0 unspecified atom stereocenters. The first-order valence-corrected chi connectivity index (χ1v) is 6.69. The van der Waals surface area contributed by atoms with Crippen molar-refractivity contribution in [3.05, 3.63) is 60.2 Å². The maximum Gasteiger partial charge on any atom is 0.248 e. The van der Waals surface area contributed by atoms with Gasteiger partial charge in [0.05, 0.1) is 0 Å². The SMILES string of the molecule is O=C(Cn1nnc(-c2ccc(F)cc2)n1)Nc1ccc(F)cc1. The zero-order valence-electron chi connectivity index (χ0n) is 11.8. The number of hydrogen-bond donors (Lipinski definition) is 1. The lowest BCUT2D eigenvalue weighted by molar-refractivity contribution is -0.117. The van der Waals surface area contributed by atoms with Crippen molar-refractivity contribution in [1.82, 2.24) is 20.2 Å². The van der Waals surface area contributed by atoms with Crippen LogP contribution in [0.2, 0.25) is 0 Å². The number of amides is 1. The number of nitrogens with zero attached hydrogens (tertiary/aromatic N) is 4. The summed E-state index contributed by atoms with van der Waals surface area (Å²) in [7, 11) is 0. The van der Waals surface area contributed by atoms with Crippen LogP contribution < -0.4 is 5.32 Å². The second-order valence-electron chi connectivity index (χ2n) is 4.71. The van der Waals surface area contributed by atoms with E-state index in [1.54, 1.807) is 0 Å². The molecule has 6 nitrogen and oxygen atoms in total. The summed E-state index contributed by atoms with van der Waals surface area (Å²) in [5, 5.41) is 14.2. The number of halogens is 2. The van der Waals surface area contributed by atoms with E-state index in [1.807, 2.05) is 0 Å². The van der Waals surface area contributed by atoms with E-state index in [0.29, 0.717) is 17.1 Å². The Labute approximate surface area is 129 Å². The summed E-state index contributed by atoms with van der Waals surface area (Å²) < 4.78 is 25.7. The molecule has 1 heterocycles. The third-order valence-corrected chi connectivity index (χ3v) is 2.97. The van der Waals surface area contributed by atoms with Gasteiger partial charge in [-0.15, -0.1) is 10.2 Å². The molecule has 0 saturated carbocycles. The Balaban J connectivity index is 1.65. The van der Waals surface area contributed by atoms with Crippen LogP contribution in [0.4, 0.5) is 14.5 Å². The number of anilines is 1. The second kappa shape index (κ2) is 6.30. The van der Waals surface area contributed by atoms with Crippen molar-refractivity contribution >= 4 is 11.6 Å². The number of carbonyl (C=O) groups is 1. The van der Waals surface area contributed by atoms with Crippen LogP contribution >= 0.6 is 0 Å². The molecular weight excluding hydrogens is 304 g/mol. The Hall–Kier alpha value is -3.16. The molecule has 0 aliphatic heterocycles. The van der Waals surface area contributed by atoms with E-state index >= 15 is 0 Å². The lowest BCUT2D eigenvalue weighted by Gasteiger charge is -2.03. The van der Waals surface area contributed by atoms with Gasteiger partial charge in [-0.1, -0.05) is 0 Å². The molecule has 0 bridgehead atoms. The van der Waals surface area contributed by atoms with Gasteiger partial charge in [-0.05, 0) is 53.7 Å². The minimum Gasteiger partial charge on any atom is -0.324 e. The average Bonchev–Trinajstić information content (AvgIpc) is 2.98. The number of benzene rings is 2. The number of tetrazole rings is 1. The van der Waals surface area contributed by atoms with Gasteiger partial charge < -0.3 is 5.32 Å². The highest BCUT2D eigenvalue weighted by atomic mass is 19.1. The molecule has 2 aromatic carbocycles. The van der Waals surface area contributed by atoms with Crippen molar-refractivity contribution in [1.29, 1.82) is 0 Å². The third-order valence-electron chi connectivity index (χ3n) is 2.97. The molecule has 1 aromatic heterocycles. The van der Waals surface area contributed by atoms with Gasteiger partial charge in [-0.3, -0.25) is 4.79 Å². The quantitative estimate of drug-likeness (QED) is 0.801. The van der Waals surface area contributed by atoms with Crippen LogP contribution in [0.5, 0.6) is 0 Å². The zero-order valence-corrected chi connectivity index (χ0v) is 11.8. The summed E-state index contributed by atoms with van der Waals surface area (Å²) in [5.41, 5.74) is 1.06. The molecule has 0 atom stereocenters. The Morgan fingerprint density at radius 3 is 2.26 bits per heavy atom. The van der Waals surface area contributed by atoms with Crippen LogP contribution in [0.3, 0.4) is 0 Å². The molecule has 0 radical (unpaired) electrons. The fraction of sp³-hybridized carbons (Fsp3) is 0.0667. The minimum absolute atomic E-state index is 0.147. The summed E-state index contributed by atoms with van der Waals surface area (Å²) in [4.78, 5) is 13.0. The predicted molar refractivity (Wildman–Crippen MR) is 78.2 cm³/mol. The maximum absolute atomic E-state index is 12.9. The smallest absolute Gasteiger partial charge is 0.248 e. The fourth-order valence-electron chi connectivity index (χ4n) is 1.89. The number of hydrogen-bond acceptors (Lipinski definition) is 4. The lowest BCUT2D eigenvalue weighted by atomic mass is 10.2. The van der Waals surface area contributed by atoms with Crippen molar-refractivity contribution in [3.63, 3.8) is 0 Å². The molecule has 1 N–H and O–H groups in total. The Morgan fingerprint density at radius 1 is 1.00 bits per heavy atom. The van der Waals surface area contributed by atoms with Crippen molar-refractivity contribution in [2.45, 2.75) is 6.54 Å². The van der Waals surface area contributed by atoms with Gasteiger partial charge in [0.15, 0.2) is 0 Å². The highest BCUT2D eigenvalue weighted by Crippen LogP contribution is 2.13. The van der Waals surface area contributed by atoms with E-state index in [0.717, 1.165) is 4.80 Å². The molecule has 0 saturated heterocycles. The van der Waals surface area contributed by atoms with Gasteiger partial charge in [-0.25, -0.2) is 8.78 Å². The molecule has 0 aliphatic rings. The highest BCUT2D eigenvalue weighted by molar-refractivity contribution is 5.90. The highest BCUT2D eigenvalue weighted by Gasteiger charge is 2.09. The largest absolute Gasteiger partial charge is 0.324 e. The molecule has 0 spiro atoms. The Bertz CT molecular complexity index is 815. The second-order valence-corrected chi connectivity index (χ2v) is 4.71. The van der Waals surface area contributed by atoms with Gasteiger partial charge in [-0.2, -0.15) is 4.80 Å². The fourth-order valence-corrected chi connectivity index (χ4v) is 1.89. The van der Waals surface area contributed by atoms with E-state index in [2.05, 4.69) is 20.7 Å². The molecule has 1 amide bonds. The Morgan fingerprint density at radius 2 is 1.61 bits per heavy atom. The van der Waals surface area contributed by atoms with Crippen LogP contribution in [0, 0.1) is 11.6 Å². The summed E-state index contributed by atoms with van der Waals surface area (Å²) in [6.07, 6.45) is 0. The molecule has 116 valence electrons. The first-order chi connectivity index (χ1) is 11.1. The lowest BCUT2D eigenvalue weighted by Crippen LogP contribution is -2.20. The first kappa shape index (κ1) is 14.8. The molecular formula is C15H11F2N5O. The Kier molecular flexibility index (Phi) is 4.05. The molecule has 0 fully saturated rings. The van der Waals surface area contributed by atoms with Gasteiger partial charge in [0.25, 0.3) is 0 Å². The van der Waals surface area contributed by atoms with Crippen molar-refractivity contribution in [3.8, 4) is 11.4 Å². The molecule has 3 aromatic rings. The molecule has 8 heteroatoms. The molecule has 0 aliphatic carbocycles. The molecule has 3 rings (SSSR count). The normalized spacial score (nSPS) is 10.5. The van der Waals surface area contributed by atoms with Crippen LogP contribution in [0.1, 0.15) is 0 Å². The maximum atomic E-state index is 12.9. The summed E-state index contributed by atoms with van der Waals surface area (Å²) in [6.45, 7) is -0.147. The third kappa shape index (κ3) is 3.73. The van der Waals surface area contributed by atoms with Crippen LogP contribution in [-0.2, 0) is 11.3 Å². The monoisotopic (exact) mass is 315 g/mol. The van der Waals surface area contributed by atoms with E-state index < -0.39 is 0 Å². The van der Waals surface area contributed by atoms with Gasteiger partial charge in [0.2, 0.25) is 11.7 Å². The summed E-state index contributed by atoms with van der Waals surface area (Å²) >= 11 is 0. The zero-order chi connectivity index (χ0) is 16.2. The van der Waals surface area contributed by atoms with E-state index in [1.165, 1.54) is 48.5 Å². The average molecular weight is 315 g/mol. The van der Waals surface area contributed by atoms with Crippen LogP contribution in [0.25, 0.3) is 11.4 Å². The standard InChI is InChI=1S/C15H11F2N5O/c16-11-3-1-10(2-4-11)15-19-21-22(20-15)9-14(23)18-13-7-5-12(17)6-8-13/h1-8H,9H2,(H,18,23).